The monoisotopic (exact) mass is 477 g/mol. The Balaban J connectivity index is 1.97. The number of carbonyl (C=O) groups excluding carboxylic acids is 1. The molecule has 0 saturated carbocycles. The van der Waals surface area contributed by atoms with Gasteiger partial charge in [0.15, 0.2) is 5.03 Å². The van der Waals surface area contributed by atoms with Crippen LogP contribution >= 0.6 is 0 Å². The highest BCUT2D eigenvalue weighted by Crippen LogP contribution is 2.28. The molecule has 3 rings (SSSR count). The standard InChI is InChI=1S/C22H31N5O5S/c1-6-7-17-8-18-21(23-9-17)32-19(15(2)10-27(22(18)29)16(3)13-28)11-26(5)33(30,31)20-12-25(4)14-24-20/h6-9,12,14-16,19,28H,10-11,13H2,1-5H3/b7-6+/t15-,16+,19-/m0/s1. The molecule has 0 saturated heterocycles. The van der Waals surface area contributed by atoms with Crippen molar-refractivity contribution < 1.29 is 23.1 Å². The summed E-state index contributed by atoms with van der Waals surface area (Å²) >= 11 is 0. The van der Waals surface area contributed by atoms with Gasteiger partial charge in [0.05, 0.1) is 25.5 Å². The van der Waals surface area contributed by atoms with Gasteiger partial charge in [0.2, 0.25) is 5.88 Å². The lowest BCUT2D eigenvalue weighted by molar-refractivity contribution is 0.0373. The lowest BCUT2D eigenvalue weighted by Crippen LogP contribution is -2.50. The molecule has 11 heteroatoms. The number of fused-ring (bicyclic) bond motifs is 1. The van der Waals surface area contributed by atoms with E-state index in [1.807, 2.05) is 26.0 Å². The normalized spacial score (nSPS) is 20.5. The van der Waals surface area contributed by atoms with E-state index in [4.69, 9.17) is 4.74 Å². The third-order valence-electron chi connectivity index (χ3n) is 5.69. The summed E-state index contributed by atoms with van der Waals surface area (Å²) in [6.07, 6.45) is 7.55. The Bertz CT molecular complexity index is 1130. The van der Waals surface area contributed by atoms with E-state index in [9.17, 15) is 18.3 Å². The van der Waals surface area contributed by atoms with Crippen LogP contribution in [0.3, 0.4) is 0 Å². The summed E-state index contributed by atoms with van der Waals surface area (Å²) in [5.41, 5.74) is 1.02. The van der Waals surface area contributed by atoms with Gasteiger partial charge in [0.1, 0.15) is 11.7 Å². The number of hydrogen-bond acceptors (Lipinski definition) is 7. The summed E-state index contributed by atoms with van der Waals surface area (Å²) < 4.78 is 34.9. The Morgan fingerprint density at radius 3 is 2.73 bits per heavy atom. The van der Waals surface area contributed by atoms with Gasteiger partial charge in [-0.2, -0.15) is 4.31 Å². The fraction of sp³-hybridized carbons (Fsp3) is 0.500. The number of rotatable bonds is 7. The van der Waals surface area contributed by atoms with Gasteiger partial charge in [-0.3, -0.25) is 4.79 Å². The quantitative estimate of drug-likeness (QED) is 0.640. The van der Waals surface area contributed by atoms with Crippen molar-refractivity contribution in [1.29, 1.82) is 0 Å². The van der Waals surface area contributed by atoms with Crippen LogP contribution in [0, 0.1) is 5.92 Å². The number of aliphatic hydroxyl groups is 1. The number of aliphatic hydroxyl groups excluding tert-OH is 1. The van der Waals surface area contributed by atoms with Crippen molar-refractivity contribution in [3.05, 3.63) is 42.0 Å². The van der Waals surface area contributed by atoms with Crippen LogP contribution in [0.1, 0.15) is 36.7 Å². The van der Waals surface area contributed by atoms with E-state index in [0.29, 0.717) is 0 Å². The Labute approximate surface area is 194 Å². The lowest BCUT2D eigenvalue weighted by atomic mass is 10.00. The van der Waals surface area contributed by atoms with Gasteiger partial charge >= 0.3 is 0 Å². The Morgan fingerprint density at radius 1 is 1.39 bits per heavy atom. The number of allylic oxidation sites excluding steroid dienone is 1. The number of imidazole rings is 1. The number of nitrogens with zero attached hydrogens (tertiary/aromatic N) is 5. The van der Waals surface area contributed by atoms with Crippen LogP contribution < -0.4 is 4.74 Å². The van der Waals surface area contributed by atoms with Gasteiger partial charge in [-0.1, -0.05) is 19.1 Å². The summed E-state index contributed by atoms with van der Waals surface area (Å²) in [6, 6.07) is 1.27. The van der Waals surface area contributed by atoms with Gasteiger partial charge in [0, 0.05) is 39.0 Å². The predicted octanol–water partition coefficient (Wildman–Crippen LogP) is 1.39. The molecule has 0 radical (unpaired) electrons. The first kappa shape index (κ1) is 24.9. The number of pyridine rings is 1. The molecule has 10 nitrogen and oxygen atoms in total. The molecule has 2 aromatic heterocycles. The van der Waals surface area contributed by atoms with E-state index in [1.165, 1.54) is 23.9 Å². The molecule has 0 aliphatic carbocycles. The van der Waals surface area contributed by atoms with Gasteiger partial charge < -0.3 is 19.3 Å². The van der Waals surface area contributed by atoms with E-state index in [-0.39, 0.29) is 48.0 Å². The van der Waals surface area contributed by atoms with Gasteiger partial charge in [-0.15, -0.1) is 0 Å². The number of carbonyl (C=O) groups is 1. The highest BCUT2D eigenvalue weighted by Gasteiger charge is 2.36. The van der Waals surface area contributed by atoms with Crippen LogP contribution in [0.25, 0.3) is 6.08 Å². The molecule has 3 heterocycles. The maximum absolute atomic E-state index is 13.3. The van der Waals surface area contributed by atoms with Crippen LogP contribution in [0.4, 0.5) is 0 Å². The molecule has 1 aliphatic rings. The topological polar surface area (TPSA) is 118 Å². The third-order valence-corrected chi connectivity index (χ3v) is 7.40. The van der Waals surface area contributed by atoms with Crippen molar-refractivity contribution >= 4 is 22.0 Å². The Kier molecular flexibility index (Phi) is 7.55. The first-order valence-electron chi connectivity index (χ1n) is 10.7. The molecule has 180 valence electrons. The van der Waals surface area contributed by atoms with Crippen LogP contribution in [0.5, 0.6) is 5.88 Å². The minimum Gasteiger partial charge on any atom is -0.472 e. The number of amides is 1. The molecule has 0 spiro atoms. The highest BCUT2D eigenvalue weighted by atomic mass is 32.2. The minimum atomic E-state index is -3.83. The first-order valence-corrected chi connectivity index (χ1v) is 12.2. The number of sulfonamides is 1. The van der Waals surface area contributed by atoms with Crippen molar-refractivity contribution in [3.63, 3.8) is 0 Å². The molecule has 2 aromatic rings. The van der Waals surface area contributed by atoms with E-state index >= 15 is 0 Å². The van der Waals surface area contributed by atoms with Crippen molar-refractivity contribution in [3.8, 4) is 5.88 Å². The number of aromatic nitrogens is 3. The molecule has 0 fully saturated rings. The van der Waals surface area contributed by atoms with E-state index < -0.39 is 22.2 Å². The smallest absolute Gasteiger partial charge is 0.261 e. The van der Waals surface area contributed by atoms with Crippen LogP contribution in [-0.2, 0) is 17.1 Å². The zero-order valence-corrected chi connectivity index (χ0v) is 20.4. The molecule has 1 amide bonds. The predicted molar refractivity (Wildman–Crippen MR) is 123 cm³/mol. The second kappa shape index (κ2) is 10.0. The molecular formula is C22H31N5O5S. The fourth-order valence-corrected chi connectivity index (χ4v) is 4.80. The van der Waals surface area contributed by atoms with Crippen LogP contribution in [-0.4, -0.2) is 82.1 Å². The zero-order valence-electron chi connectivity index (χ0n) is 19.5. The Hall–Kier alpha value is -2.76. The molecule has 1 N–H and O–H groups in total. The van der Waals surface area contributed by atoms with Gasteiger partial charge in [-0.25, -0.2) is 18.4 Å². The SMILES string of the molecule is C/C=C/c1cnc2c(c1)C(=O)N([C@H](C)CO)C[C@H](C)[C@H](CN(C)S(=O)(=O)c1cn(C)cn1)O2. The summed E-state index contributed by atoms with van der Waals surface area (Å²) in [5.74, 6) is -0.386. The molecular weight excluding hydrogens is 446 g/mol. The van der Waals surface area contributed by atoms with Gasteiger partial charge in [-0.05, 0) is 25.5 Å². The zero-order chi connectivity index (χ0) is 24.3. The summed E-state index contributed by atoms with van der Waals surface area (Å²) in [5, 5.41) is 9.69. The summed E-state index contributed by atoms with van der Waals surface area (Å²) in [6.45, 7) is 5.64. The van der Waals surface area contributed by atoms with E-state index in [1.54, 1.807) is 35.7 Å². The number of aryl methyl sites for hydroxylation is 1. The van der Waals surface area contributed by atoms with Crippen LogP contribution in [0.2, 0.25) is 0 Å². The van der Waals surface area contributed by atoms with Crippen molar-refractivity contribution in [2.45, 2.75) is 37.9 Å². The van der Waals surface area contributed by atoms with E-state index in [0.717, 1.165) is 5.56 Å². The lowest BCUT2D eigenvalue weighted by Gasteiger charge is -2.37. The van der Waals surface area contributed by atoms with Crippen molar-refractivity contribution in [1.82, 2.24) is 23.7 Å². The molecule has 0 bridgehead atoms. The van der Waals surface area contributed by atoms with Crippen LogP contribution in [0.15, 0.2) is 35.9 Å². The molecule has 3 atom stereocenters. The number of hydrogen-bond donors (Lipinski definition) is 1. The van der Waals surface area contributed by atoms with Crippen molar-refractivity contribution in [2.75, 3.05) is 26.7 Å². The number of ether oxygens (including phenoxy) is 1. The highest BCUT2D eigenvalue weighted by molar-refractivity contribution is 7.89. The third kappa shape index (κ3) is 5.26. The maximum atomic E-state index is 13.3. The average molecular weight is 478 g/mol. The largest absolute Gasteiger partial charge is 0.472 e. The second-order valence-corrected chi connectivity index (χ2v) is 10.4. The summed E-state index contributed by atoms with van der Waals surface area (Å²) in [4.78, 5) is 23.2. The Morgan fingerprint density at radius 2 is 2.12 bits per heavy atom. The maximum Gasteiger partial charge on any atom is 0.261 e. The average Bonchev–Trinajstić information content (AvgIpc) is 3.23. The molecule has 1 aliphatic heterocycles. The van der Waals surface area contributed by atoms with E-state index in [2.05, 4.69) is 9.97 Å². The van der Waals surface area contributed by atoms with Crippen molar-refractivity contribution in [2.24, 2.45) is 13.0 Å². The van der Waals surface area contributed by atoms with Gasteiger partial charge in [0.25, 0.3) is 15.9 Å². The fourth-order valence-electron chi connectivity index (χ4n) is 3.65. The first-order chi connectivity index (χ1) is 15.6. The molecule has 0 unspecified atom stereocenters. The summed E-state index contributed by atoms with van der Waals surface area (Å²) in [7, 11) is -0.655. The molecule has 33 heavy (non-hydrogen) atoms. The number of likely N-dealkylation sites (N-methyl/N-ethyl adjacent to an activating group) is 1. The molecule has 0 aromatic carbocycles. The minimum absolute atomic E-state index is 0.0351. The second-order valence-electron chi connectivity index (χ2n) is 8.41.